The Morgan fingerprint density at radius 2 is 2.00 bits per heavy atom. The third-order valence-corrected chi connectivity index (χ3v) is 2.70. The van der Waals surface area contributed by atoms with Crippen LogP contribution in [0.4, 0.5) is 0 Å². The van der Waals surface area contributed by atoms with Crippen LogP contribution in [0.25, 0.3) is 5.69 Å². The van der Waals surface area contributed by atoms with Crippen LogP contribution in [0, 0.1) is 6.92 Å². The summed E-state index contributed by atoms with van der Waals surface area (Å²) >= 11 is 0. The summed E-state index contributed by atoms with van der Waals surface area (Å²) in [4.78, 5) is 12.1. The number of rotatable bonds is 3. The first kappa shape index (κ1) is 11.5. The van der Waals surface area contributed by atoms with E-state index in [0.29, 0.717) is 24.2 Å². The fourth-order valence-corrected chi connectivity index (χ4v) is 1.80. The monoisotopic (exact) mass is 233 g/mol. The number of nitrogens with one attached hydrogen (secondary N) is 1. The molecule has 4 N–H and O–H groups in total. The molecule has 1 aromatic heterocycles. The third-order valence-electron chi connectivity index (χ3n) is 2.70. The van der Waals surface area contributed by atoms with Crippen LogP contribution in [-0.2, 0) is 6.42 Å². The Kier molecular flexibility index (Phi) is 3.01. The topological polar surface area (TPSA) is 84.0 Å². The third kappa shape index (κ3) is 2.09. The van der Waals surface area contributed by atoms with E-state index in [1.807, 2.05) is 6.92 Å². The first-order valence-electron chi connectivity index (χ1n) is 5.43. The van der Waals surface area contributed by atoms with Gasteiger partial charge in [-0.15, -0.1) is 0 Å². The Labute approximate surface area is 98.5 Å². The predicted octanol–water partition coefficient (Wildman–Crippen LogP) is 0.681. The van der Waals surface area contributed by atoms with Gasteiger partial charge < -0.3 is 10.8 Å². The van der Waals surface area contributed by atoms with Crippen molar-refractivity contribution < 1.29 is 5.11 Å². The maximum absolute atomic E-state index is 12.1. The van der Waals surface area contributed by atoms with Gasteiger partial charge in [-0.2, -0.15) is 0 Å². The van der Waals surface area contributed by atoms with Crippen LogP contribution in [0.5, 0.6) is 5.75 Å². The minimum Gasteiger partial charge on any atom is -0.508 e. The quantitative estimate of drug-likeness (QED) is 0.729. The lowest BCUT2D eigenvalue weighted by Gasteiger charge is -2.00. The SMILES string of the molecule is Cc1[nH]n(-c2ccc(O)cc2)c(=O)c1CCN. The second kappa shape index (κ2) is 4.47. The van der Waals surface area contributed by atoms with Gasteiger partial charge in [-0.25, -0.2) is 4.68 Å². The van der Waals surface area contributed by atoms with Gasteiger partial charge in [-0.1, -0.05) is 0 Å². The average Bonchev–Trinajstić information content (AvgIpc) is 2.59. The number of phenolic OH excluding ortho intramolecular Hbond substituents is 1. The zero-order valence-corrected chi connectivity index (χ0v) is 9.60. The summed E-state index contributed by atoms with van der Waals surface area (Å²) in [6.07, 6.45) is 0.562. The van der Waals surface area contributed by atoms with E-state index in [-0.39, 0.29) is 11.3 Å². The summed E-state index contributed by atoms with van der Waals surface area (Å²) in [5, 5.41) is 12.2. The van der Waals surface area contributed by atoms with Crippen molar-refractivity contribution in [3.63, 3.8) is 0 Å². The molecule has 90 valence electrons. The Bertz CT molecular complexity index is 566. The summed E-state index contributed by atoms with van der Waals surface area (Å²) < 4.78 is 1.46. The molecule has 0 aliphatic heterocycles. The molecule has 1 aromatic carbocycles. The molecule has 0 aliphatic rings. The van der Waals surface area contributed by atoms with Crippen LogP contribution in [0.1, 0.15) is 11.3 Å². The molecule has 5 nitrogen and oxygen atoms in total. The lowest BCUT2D eigenvalue weighted by atomic mass is 10.2. The van der Waals surface area contributed by atoms with E-state index >= 15 is 0 Å². The van der Waals surface area contributed by atoms with Crippen LogP contribution in [0.3, 0.4) is 0 Å². The van der Waals surface area contributed by atoms with Crippen molar-refractivity contribution >= 4 is 0 Å². The molecule has 0 radical (unpaired) electrons. The number of phenols is 1. The fraction of sp³-hybridized carbons (Fsp3) is 0.250. The van der Waals surface area contributed by atoms with Gasteiger partial charge in [0.25, 0.3) is 5.56 Å². The van der Waals surface area contributed by atoms with Crippen molar-refractivity contribution in [2.24, 2.45) is 5.73 Å². The van der Waals surface area contributed by atoms with Gasteiger partial charge in [0, 0.05) is 11.3 Å². The number of aromatic hydroxyl groups is 1. The molecule has 0 amide bonds. The van der Waals surface area contributed by atoms with Crippen LogP contribution in [0.2, 0.25) is 0 Å². The van der Waals surface area contributed by atoms with E-state index < -0.39 is 0 Å². The number of nitrogens with zero attached hydrogens (tertiary/aromatic N) is 1. The van der Waals surface area contributed by atoms with E-state index in [1.165, 1.54) is 4.68 Å². The Morgan fingerprint density at radius 1 is 1.35 bits per heavy atom. The Morgan fingerprint density at radius 3 is 2.59 bits per heavy atom. The largest absolute Gasteiger partial charge is 0.508 e. The molecule has 0 unspecified atom stereocenters. The highest BCUT2D eigenvalue weighted by Gasteiger charge is 2.11. The molecule has 2 rings (SSSR count). The molecule has 0 fully saturated rings. The number of hydrogen-bond donors (Lipinski definition) is 3. The molecule has 1 heterocycles. The minimum atomic E-state index is -0.0846. The maximum Gasteiger partial charge on any atom is 0.274 e. The average molecular weight is 233 g/mol. The van der Waals surface area contributed by atoms with Crippen LogP contribution >= 0.6 is 0 Å². The minimum absolute atomic E-state index is 0.0846. The van der Waals surface area contributed by atoms with Gasteiger partial charge >= 0.3 is 0 Å². The van der Waals surface area contributed by atoms with Crippen molar-refractivity contribution in [1.29, 1.82) is 0 Å². The molecule has 2 aromatic rings. The Hall–Kier alpha value is -2.01. The van der Waals surface area contributed by atoms with E-state index in [4.69, 9.17) is 5.73 Å². The first-order valence-corrected chi connectivity index (χ1v) is 5.43. The summed E-state index contributed by atoms with van der Waals surface area (Å²) in [6.45, 7) is 2.30. The molecular formula is C12H15N3O2. The lowest BCUT2D eigenvalue weighted by molar-refractivity contribution is 0.475. The lowest BCUT2D eigenvalue weighted by Crippen LogP contribution is -2.19. The molecule has 17 heavy (non-hydrogen) atoms. The van der Waals surface area contributed by atoms with Crippen molar-refractivity contribution in [1.82, 2.24) is 9.78 Å². The first-order chi connectivity index (χ1) is 8.13. The number of aromatic nitrogens is 2. The highest BCUT2D eigenvalue weighted by molar-refractivity contribution is 5.37. The number of aromatic amines is 1. The van der Waals surface area contributed by atoms with Gasteiger partial charge in [-0.05, 0) is 44.2 Å². The predicted molar refractivity (Wildman–Crippen MR) is 65.5 cm³/mol. The van der Waals surface area contributed by atoms with Crippen molar-refractivity contribution in [3.8, 4) is 11.4 Å². The second-order valence-corrected chi connectivity index (χ2v) is 3.91. The normalized spacial score (nSPS) is 10.7. The van der Waals surface area contributed by atoms with E-state index in [1.54, 1.807) is 24.3 Å². The van der Waals surface area contributed by atoms with Gasteiger partial charge in [-0.3, -0.25) is 9.89 Å². The van der Waals surface area contributed by atoms with E-state index in [2.05, 4.69) is 5.10 Å². The summed E-state index contributed by atoms with van der Waals surface area (Å²) in [5.74, 6) is 0.173. The second-order valence-electron chi connectivity index (χ2n) is 3.91. The van der Waals surface area contributed by atoms with Crippen LogP contribution in [0.15, 0.2) is 29.1 Å². The van der Waals surface area contributed by atoms with Crippen LogP contribution < -0.4 is 11.3 Å². The van der Waals surface area contributed by atoms with Crippen molar-refractivity contribution in [2.45, 2.75) is 13.3 Å². The molecule has 0 saturated carbocycles. The zero-order valence-electron chi connectivity index (χ0n) is 9.60. The van der Waals surface area contributed by atoms with Crippen molar-refractivity contribution in [2.75, 3.05) is 6.54 Å². The zero-order chi connectivity index (χ0) is 12.4. The number of hydrogen-bond acceptors (Lipinski definition) is 3. The van der Waals surface area contributed by atoms with Gasteiger partial charge in [0.1, 0.15) is 5.75 Å². The number of aryl methyl sites for hydroxylation is 1. The van der Waals surface area contributed by atoms with Gasteiger partial charge in [0.05, 0.1) is 5.69 Å². The number of nitrogens with two attached hydrogens (primary N) is 1. The van der Waals surface area contributed by atoms with E-state index in [0.717, 1.165) is 5.69 Å². The summed E-state index contributed by atoms with van der Waals surface area (Å²) in [5.41, 5.74) is 7.62. The molecule has 0 saturated heterocycles. The molecule has 0 bridgehead atoms. The fourth-order valence-electron chi connectivity index (χ4n) is 1.80. The molecule has 0 atom stereocenters. The number of H-pyrrole nitrogens is 1. The summed E-state index contributed by atoms with van der Waals surface area (Å²) in [7, 11) is 0. The summed E-state index contributed by atoms with van der Waals surface area (Å²) in [6, 6.07) is 6.44. The highest BCUT2D eigenvalue weighted by Crippen LogP contribution is 2.12. The van der Waals surface area contributed by atoms with E-state index in [9.17, 15) is 9.90 Å². The highest BCUT2D eigenvalue weighted by atomic mass is 16.3. The molecule has 0 aliphatic carbocycles. The molecule has 5 heteroatoms. The molecular weight excluding hydrogens is 218 g/mol. The van der Waals surface area contributed by atoms with Crippen LogP contribution in [-0.4, -0.2) is 21.4 Å². The smallest absolute Gasteiger partial charge is 0.274 e. The standard InChI is InChI=1S/C12H15N3O2/c1-8-11(6-7-13)12(17)15(14-8)9-2-4-10(16)5-3-9/h2-5,14,16H,6-7,13H2,1H3. The number of benzene rings is 1. The maximum atomic E-state index is 12.1. The molecule has 0 spiro atoms. The Balaban J connectivity index is 2.50. The van der Waals surface area contributed by atoms with Gasteiger partial charge in [0.2, 0.25) is 0 Å². The van der Waals surface area contributed by atoms with Crippen molar-refractivity contribution in [3.05, 3.63) is 45.9 Å². The van der Waals surface area contributed by atoms with Gasteiger partial charge in [0.15, 0.2) is 0 Å².